The molecule has 2 heterocycles. The van der Waals surface area contributed by atoms with Gasteiger partial charge in [-0.3, -0.25) is 9.59 Å². The quantitative estimate of drug-likeness (QED) is 0.306. The van der Waals surface area contributed by atoms with Gasteiger partial charge in [-0.15, -0.1) is 0 Å². The van der Waals surface area contributed by atoms with Crippen LogP contribution in [0.15, 0.2) is 66.7 Å². The molecule has 0 saturated carbocycles. The highest BCUT2D eigenvalue weighted by atomic mass is 19.4. The lowest BCUT2D eigenvalue weighted by Crippen LogP contribution is -2.42. The molecular formula is C29H26F3N3O5. The fourth-order valence-electron chi connectivity index (χ4n) is 5.06. The first-order chi connectivity index (χ1) is 19.2. The summed E-state index contributed by atoms with van der Waals surface area (Å²) in [6, 6.07) is 18.6. The molecule has 3 aromatic carbocycles. The highest BCUT2D eigenvalue weighted by Crippen LogP contribution is 2.41. The van der Waals surface area contributed by atoms with Gasteiger partial charge in [0, 0.05) is 6.54 Å². The topological polar surface area (TPSA) is 82.9 Å². The van der Waals surface area contributed by atoms with Crippen LogP contribution in [0.25, 0.3) is 11.0 Å². The van der Waals surface area contributed by atoms with Gasteiger partial charge >= 0.3 is 12.1 Å². The lowest BCUT2D eigenvalue weighted by atomic mass is 9.87. The molecule has 208 valence electrons. The number of alkyl halides is 3. The number of imidazole rings is 1. The van der Waals surface area contributed by atoms with E-state index >= 15 is 0 Å². The van der Waals surface area contributed by atoms with Crippen molar-refractivity contribution in [2.75, 3.05) is 27.4 Å². The van der Waals surface area contributed by atoms with Crippen LogP contribution >= 0.6 is 0 Å². The van der Waals surface area contributed by atoms with Gasteiger partial charge in [-0.25, -0.2) is 4.98 Å². The number of amides is 1. The minimum Gasteiger partial charge on any atom is -0.493 e. The van der Waals surface area contributed by atoms with Gasteiger partial charge in [0.2, 0.25) is 5.82 Å². The van der Waals surface area contributed by atoms with E-state index in [0.717, 1.165) is 21.3 Å². The smallest absolute Gasteiger partial charge is 0.449 e. The Morgan fingerprint density at radius 2 is 1.65 bits per heavy atom. The van der Waals surface area contributed by atoms with Crippen LogP contribution in [0.4, 0.5) is 13.2 Å². The number of esters is 1. The van der Waals surface area contributed by atoms with E-state index in [1.54, 1.807) is 24.1 Å². The number of para-hydroxylation sites is 2. The van der Waals surface area contributed by atoms with Gasteiger partial charge < -0.3 is 23.7 Å². The van der Waals surface area contributed by atoms with Crippen LogP contribution in [0.5, 0.6) is 11.5 Å². The summed E-state index contributed by atoms with van der Waals surface area (Å²) < 4.78 is 57.7. The number of halogens is 3. The van der Waals surface area contributed by atoms with Gasteiger partial charge in [-0.1, -0.05) is 42.5 Å². The molecule has 0 aliphatic carbocycles. The van der Waals surface area contributed by atoms with E-state index in [2.05, 4.69) is 4.98 Å². The summed E-state index contributed by atoms with van der Waals surface area (Å²) >= 11 is 0. The van der Waals surface area contributed by atoms with Crippen LogP contribution in [-0.4, -0.2) is 53.7 Å². The predicted molar refractivity (Wildman–Crippen MR) is 139 cm³/mol. The monoisotopic (exact) mass is 553 g/mol. The summed E-state index contributed by atoms with van der Waals surface area (Å²) in [5.41, 5.74) is 2.91. The number of rotatable bonds is 7. The number of fused-ring (bicyclic) bond motifs is 2. The number of carbonyl (C=O) groups excluding carboxylic acids is 2. The lowest BCUT2D eigenvalue weighted by Gasteiger charge is -2.38. The molecule has 0 spiro atoms. The Morgan fingerprint density at radius 1 is 0.975 bits per heavy atom. The summed E-state index contributed by atoms with van der Waals surface area (Å²) in [4.78, 5) is 31.3. The van der Waals surface area contributed by atoms with Crippen molar-refractivity contribution in [2.24, 2.45) is 0 Å². The molecule has 0 saturated heterocycles. The van der Waals surface area contributed by atoms with Gasteiger partial charge in [0.1, 0.15) is 6.54 Å². The minimum absolute atomic E-state index is 0.100. The van der Waals surface area contributed by atoms with Gasteiger partial charge in [-0.05, 0) is 47.4 Å². The number of ether oxygens (including phenoxy) is 3. The van der Waals surface area contributed by atoms with Crippen molar-refractivity contribution in [1.82, 2.24) is 14.5 Å². The highest BCUT2D eigenvalue weighted by Gasteiger charge is 2.38. The van der Waals surface area contributed by atoms with Gasteiger partial charge in [-0.2, -0.15) is 13.2 Å². The standard InChI is InChI=1S/C29H26F3N3O5/c1-38-23-14-19-12-13-34(27(18-8-4-3-5-9-18)20(19)15-24(23)39-2)25(36)17-40-26(37)16-35-22-11-7-6-10-21(22)33-28(35)29(30,31)32/h3-11,14-15,27H,12-13,16-17H2,1-2H3/t27-/m0/s1. The Balaban J connectivity index is 1.38. The number of methoxy groups -OCH3 is 2. The van der Waals surface area contributed by atoms with Crippen LogP contribution in [0.1, 0.15) is 28.6 Å². The average Bonchev–Trinajstić information content (AvgIpc) is 3.33. The predicted octanol–water partition coefficient (Wildman–Crippen LogP) is 4.79. The Bertz CT molecular complexity index is 1550. The first-order valence-electron chi connectivity index (χ1n) is 12.5. The van der Waals surface area contributed by atoms with Crippen LogP contribution in [0.3, 0.4) is 0 Å². The van der Waals surface area contributed by atoms with Crippen molar-refractivity contribution < 1.29 is 37.0 Å². The molecule has 1 aromatic heterocycles. The van der Waals surface area contributed by atoms with Crippen molar-refractivity contribution in [2.45, 2.75) is 25.2 Å². The third-order valence-corrected chi connectivity index (χ3v) is 6.86. The van der Waals surface area contributed by atoms with E-state index in [-0.39, 0.29) is 11.0 Å². The van der Waals surface area contributed by atoms with Crippen LogP contribution < -0.4 is 9.47 Å². The largest absolute Gasteiger partial charge is 0.493 e. The molecule has 1 aliphatic rings. The molecule has 1 amide bonds. The number of benzene rings is 3. The molecule has 0 radical (unpaired) electrons. The normalized spacial score (nSPS) is 15.0. The molecule has 11 heteroatoms. The molecule has 8 nitrogen and oxygen atoms in total. The second kappa shape index (κ2) is 10.9. The molecule has 4 aromatic rings. The summed E-state index contributed by atoms with van der Waals surface area (Å²) in [5, 5.41) is 0. The Kier molecular flexibility index (Phi) is 7.38. The third-order valence-electron chi connectivity index (χ3n) is 6.86. The first kappa shape index (κ1) is 27.0. The maximum Gasteiger partial charge on any atom is 0.449 e. The van der Waals surface area contributed by atoms with Gasteiger partial charge in [0.05, 0.1) is 31.3 Å². The van der Waals surface area contributed by atoms with Crippen molar-refractivity contribution in [3.8, 4) is 11.5 Å². The zero-order valence-electron chi connectivity index (χ0n) is 21.8. The van der Waals surface area contributed by atoms with Crippen molar-refractivity contribution in [3.05, 3.63) is 89.2 Å². The van der Waals surface area contributed by atoms with E-state index < -0.39 is 43.1 Å². The minimum atomic E-state index is -4.77. The summed E-state index contributed by atoms with van der Waals surface area (Å²) in [6.07, 6.45) is -4.25. The maximum atomic E-state index is 13.6. The number of aromatic nitrogens is 2. The molecule has 1 atom stereocenters. The Hall–Kier alpha value is -4.54. The number of hydrogen-bond donors (Lipinski definition) is 0. The SMILES string of the molecule is COc1cc2c(cc1OC)[C@H](c1ccccc1)N(C(=O)COC(=O)Cn1c(C(F)(F)F)nc3ccccc31)CC2. The van der Waals surface area contributed by atoms with Crippen LogP contribution in [-0.2, 0) is 33.5 Å². The first-order valence-corrected chi connectivity index (χ1v) is 12.5. The zero-order valence-corrected chi connectivity index (χ0v) is 21.8. The lowest BCUT2D eigenvalue weighted by molar-refractivity contribution is -0.155. The fraction of sp³-hybridized carbons (Fsp3) is 0.276. The summed E-state index contributed by atoms with van der Waals surface area (Å²) in [6.45, 7) is -1.04. The van der Waals surface area contributed by atoms with E-state index in [4.69, 9.17) is 14.2 Å². The van der Waals surface area contributed by atoms with Gasteiger partial charge in [0.25, 0.3) is 5.91 Å². The van der Waals surface area contributed by atoms with Crippen molar-refractivity contribution in [1.29, 1.82) is 0 Å². The van der Waals surface area contributed by atoms with Crippen molar-refractivity contribution in [3.63, 3.8) is 0 Å². The Morgan fingerprint density at radius 3 is 2.35 bits per heavy atom. The van der Waals surface area contributed by atoms with Gasteiger partial charge in [0.15, 0.2) is 18.1 Å². The third kappa shape index (κ3) is 5.18. The molecule has 0 bridgehead atoms. The fourth-order valence-corrected chi connectivity index (χ4v) is 5.06. The van der Waals surface area contributed by atoms with E-state index in [9.17, 15) is 22.8 Å². The highest BCUT2D eigenvalue weighted by molar-refractivity contribution is 5.83. The second-order valence-corrected chi connectivity index (χ2v) is 9.23. The Labute approximate surface area is 227 Å². The molecule has 0 unspecified atom stereocenters. The molecule has 40 heavy (non-hydrogen) atoms. The number of hydrogen-bond acceptors (Lipinski definition) is 6. The van der Waals surface area contributed by atoms with E-state index in [1.165, 1.54) is 19.2 Å². The molecule has 5 rings (SSSR count). The van der Waals surface area contributed by atoms with Crippen LogP contribution in [0.2, 0.25) is 0 Å². The number of carbonyl (C=O) groups is 2. The second-order valence-electron chi connectivity index (χ2n) is 9.23. The average molecular weight is 554 g/mol. The zero-order chi connectivity index (χ0) is 28.4. The summed E-state index contributed by atoms with van der Waals surface area (Å²) in [5.74, 6) is -1.59. The number of nitrogens with zero attached hydrogens (tertiary/aromatic N) is 3. The molecule has 0 N–H and O–H groups in total. The van der Waals surface area contributed by atoms with Crippen LogP contribution in [0, 0.1) is 0 Å². The van der Waals surface area contributed by atoms with Crippen molar-refractivity contribution >= 4 is 22.9 Å². The molecule has 1 aliphatic heterocycles. The van der Waals surface area contributed by atoms with E-state index in [0.29, 0.717) is 24.5 Å². The van der Waals surface area contributed by atoms with E-state index in [1.807, 2.05) is 42.5 Å². The molecule has 0 fully saturated rings. The molecular weight excluding hydrogens is 527 g/mol. The maximum absolute atomic E-state index is 13.6. The summed E-state index contributed by atoms with van der Waals surface area (Å²) in [7, 11) is 3.08.